The van der Waals surface area contributed by atoms with Gasteiger partial charge in [-0.25, -0.2) is 0 Å². The molecule has 0 aliphatic carbocycles. The fourth-order valence-electron chi connectivity index (χ4n) is 5.15. The zero-order valence-electron chi connectivity index (χ0n) is 26.2. The molecule has 2 fully saturated rings. The summed E-state index contributed by atoms with van der Waals surface area (Å²) in [5, 5.41) is 70.3. The standard InChI is InChI=1S/C30H58O14/c1-2-3-4-5-6-7-8-9-10-11-12-38-13-14-39-15-16-40-17-18-41-29-27(37)25(35)28(22(20-32)43-29)44-30-26(36)24(34)23(33)21(19-31)42-30/h21-37H,2-20H2,1H3/t21-,22-,23+,24+,25-,26-,27-,28-,29+,30+/m1/s1. The first-order chi connectivity index (χ1) is 21.3. The molecular weight excluding hydrogens is 584 g/mol. The molecule has 10 atom stereocenters. The van der Waals surface area contributed by atoms with E-state index < -0.39 is 74.6 Å². The van der Waals surface area contributed by atoms with E-state index in [9.17, 15) is 35.7 Å². The summed E-state index contributed by atoms with van der Waals surface area (Å²) >= 11 is 0. The number of unbranched alkanes of at least 4 members (excludes halogenated alkanes) is 9. The van der Waals surface area contributed by atoms with Crippen LogP contribution in [0, 0.1) is 0 Å². The van der Waals surface area contributed by atoms with Crippen molar-refractivity contribution in [2.75, 3.05) is 59.5 Å². The lowest BCUT2D eigenvalue weighted by molar-refractivity contribution is -0.359. The van der Waals surface area contributed by atoms with Crippen molar-refractivity contribution in [3.8, 4) is 0 Å². The summed E-state index contributed by atoms with van der Waals surface area (Å²) in [4.78, 5) is 0. The van der Waals surface area contributed by atoms with Gasteiger partial charge in [0.1, 0.15) is 48.8 Å². The smallest absolute Gasteiger partial charge is 0.187 e. The highest BCUT2D eigenvalue weighted by molar-refractivity contribution is 4.94. The summed E-state index contributed by atoms with van der Waals surface area (Å²) in [5.74, 6) is 0. The van der Waals surface area contributed by atoms with E-state index in [1.165, 1.54) is 57.8 Å². The highest BCUT2D eigenvalue weighted by atomic mass is 16.7. The van der Waals surface area contributed by atoms with Crippen molar-refractivity contribution in [3.05, 3.63) is 0 Å². The highest BCUT2D eigenvalue weighted by Crippen LogP contribution is 2.29. The fourth-order valence-corrected chi connectivity index (χ4v) is 5.15. The Kier molecular flexibility index (Phi) is 21.4. The third kappa shape index (κ3) is 14.1. The van der Waals surface area contributed by atoms with Gasteiger partial charge in [0.2, 0.25) is 0 Å². The predicted molar refractivity (Wildman–Crippen MR) is 157 cm³/mol. The number of hydrogen-bond acceptors (Lipinski definition) is 14. The van der Waals surface area contributed by atoms with Gasteiger partial charge in [0.05, 0.1) is 52.9 Å². The molecule has 0 bridgehead atoms. The molecule has 0 aromatic rings. The zero-order chi connectivity index (χ0) is 32.2. The van der Waals surface area contributed by atoms with Crippen LogP contribution in [0.2, 0.25) is 0 Å². The van der Waals surface area contributed by atoms with Gasteiger partial charge >= 0.3 is 0 Å². The van der Waals surface area contributed by atoms with Gasteiger partial charge in [-0.3, -0.25) is 0 Å². The second-order valence-corrected chi connectivity index (χ2v) is 11.4. The van der Waals surface area contributed by atoms with Gasteiger partial charge < -0.3 is 68.9 Å². The minimum Gasteiger partial charge on any atom is -0.394 e. The number of ether oxygens (including phenoxy) is 7. The number of rotatable bonds is 25. The molecule has 0 aromatic heterocycles. The Labute approximate surface area is 261 Å². The minimum atomic E-state index is -1.73. The Morgan fingerprint density at radius 2 is 0.955 bits per heavy atom. The first-order valence-electron chi connectivity index (χ1n) is 16.3. The zero-order valence-corrected chi connectivity index (χ0v) is 26.2. The quantitative estimate of drug-likeness (QED) is 0.0633. The van der Waals surface area contributed by atoms with Gasteiger partial charge in [-0.05, 0) is 6.42 Å². The molecule has 0 unspecified atom stereocenters. The van der Waals surface area contributed by atoms with Gasteiger partial charge in [0.15, 0.2) is 12.6 Å². The van der Waals surface area contributed by atoms with Crippen molar-refractivity contribution in [3.63, 3.8) is 0 Å². The van der Waals surface area contributed by atoms with Crippen LogP contribution in [-0.4, -0.2) is 157 Å². The Morgan fingerprint density at radius 1 is 0.477 bits per heavy atom. The maximum atomic E-state index is 10.6. The van der Waals surface area contributed by atoms with Crippen LogP contribution in [0.4, 0.5) is 0 Å². The fraction of sp³-hybridized carbons (Fsp3) is 1.00. The van der Waals surface area contributed by atoms with Crippen LogP contribution in [-0.2, 0) is 33.2 Å². The van der Waals surface area contributed by atoms with Gasteiger partial charge in [0.25, 0.3) is 0 Å². The summed E-state index contributed by atoms with van der Waals surface area (Å²) < 4.78 is 38.4. The molecule has 14 nitrogen and oxygen atoms in total. The van der Waals surface area contributed by atoms with Crippen LogP contribution in [0.1, 0.15) is 71.1 Å². The van der Waals surface area contributed by atoms with Crippen molar-refractivity contribution in [2.45, 2.75) is 133 Å². The minimum absolute atomic E-state index is 0.0206. The molecule has 2 aliphatic rings. The Hall–Kier alpha value is -0.560. The van der Waals surface area contributed by atoms with Crippen molar-refractivity contribution < 1.29 is 68.9 Å². The van der Waals surface area contributed by atoms with Gasteiger partial charge in [-0.1, -0.05) is 64.7 Å². The normalized spacial score (nSPS) is 32.7. The maximum absolute atomic E-state index is 10.6. The molecule has 0 saturated carbocycles. The number of hydrogen-bond donors (Lipinski definition) is 7. The van der Waals surface area contributed by atoms with Crippen molar-refractivity contribution in [1.29, 1.82) is 0 Å². The Bertz CT molecular complexity index is 686. The summed E-state index contributed by atoms with van der Waals surface area (Å²) in [6.07, 6.45) is -2.00. The largest absolute Gasteiger partial charge is 0.394 e. The average Bonchev–Trinajstić information content (AvgIpc) is 3.03. The molecule has 0 radical (unpaired) electrons. The lowest BCUT2D eigenvalue weighted by atomic mass is 9.97. The van der Waals surface area contributed by atoms with Crippen LogP contribution in [0.15, 0.2) is 0 Å². The van der Waals surface area contributed by atoms with Crippen molar-refractivity contribution in [2.24, 2.45) is 0 Å². The summed E-state index contributed by atoms with van der Waals surface area (Å²) in [6, 6.07) is 0. The lowest BCUT2D eigenvalue weighted by Gasteiger charge is -2.45. The second-order valence-electron chi connectivity index (χ2n) is 11.4. The molecule has 0 spiro atoms. The van der Waals surface area contributed by atoms with Crippen molar-refractivity contribution in [1.82, 2.24) is 0 Å². The Morgan fingerprint density at radius 3 is 1.52 bits per heavy atom. The highest BCUT2D eigenvalue weighted by Gasteiger charge is 2.50. The van der Waals surface area contributed by atoms with Gasteiger partial charge in [-0.2, -0.15) is 0 Å². The third-order valence-corrected chi connectivity index (χ3v) is 7.86. The summed E-state index contributed by atoms with van der Waals surface area (Å²) in [5.41, 5.74) is 0. The number of aliphatic hydroxyl groups excluding tert-OH is 7. The van der Waals surface area contributed by atoms with E-state index >= 15 is 0 Å². The van der Waals surface area contributed by atoms with Crippen LogP contribution in [0.3, 0.4) is 0 Å². The van der Waals surface area contributed by atoms with E-state index in [1.54, 1.807) is 0 Å². The SMILES string of the molecule is CCCCCCCCCCCCOCCOCCOCCO[C@H]1O[C@H](CO)[C@@H](O[C@@H]2O[C@H](CO)[C@H](O)[C@H](O)[C@H]2O)[C@H](O)[C@H]1O. The van der Waals surface area contributed by atoms with E-state index in [2.05, 4.69) is 6.92 Å². The third-order valence-electron chi connectivity index (χ3n) is 7.86. The molecule has 2 aliphatic heterocycles. The summed E-state index contributed by atoms with van der Waals surface area (Å²) in [7, 11) is 0. The van der Waals surface area contributed by atoms with E-state index in [4.69, 9.17) is 33.2 Å². The van der Waals surface area contributed by atoms with Crippen LogP contribution >= 0.6 is 0 Å². The monoisotopic (exact) mass is 642 g/mol. The topological polar surface area (TPSA) is 206 Å². The second kappa shape index (κ2) is 23.7. The molecule has 2 heterocycles. The van der Waals surface area contributed by atoms with Gasteiger partial charge in [-0.15, -0.1) is 0 Å². The molecule has 2 saturated heterocycles. The molecule has 7 N–H and O–H groups in total. The van der Waals surface area contributed by atoms with E-state index in [0.717, 1.165) is 13.0 Å². The van der Waals surface area contributed by atoms with Gasteiger partial charge in [0, 0.05) is 6.61 Å². The molecule has 0 amide bonds. The van der Waals surface area contributed by atoms with Crippen LogP contribution < -0.4 is 0 Å². The molecule has 2 rings (SSSR count). The Balaban J connectivity index is 1.49. The first-order valence-corrected chi connectivity index (χ1v) is 16.3. The van der Waals surface area contributed by atoms with E-state index in [-0.39, 0.29) is 13.2 Å². The average molecular weight is 643 g/mol. The molecular formula is C30H58O14. The van der Waals surface area contributed by atoms with E-state index in [1.807, 2.05) is 0 Å². The number of aliphatic hydroxyl groups is 7. The molecule has 44 heavy (non-hydrogen) atoms. The maximum Gasteiger partial charge on any atom is 0.187 e. The molecule has 14 heteroatoms. The molecule has 262 valence electrons. The summed E-state index contributed by atoms with van der Waals surface area (Å²) in [6.45, 7) is 3.59. The predicted octanol–water partition coefficient (Wildman–Crippen LogP) is -0.402. The first kappa shape index (κ1) is 39.6. The van der Waals surface area contributed by atoms with Crippen LogP contribution in [0.25, 0.3) is 0 Å². The van der Waals surface area contributed by atoms with Crippen LogP contribution in [0.5, 0.6) is 0 Å². The van der Waals surface area contributed by atoms with E-state index in [0.29, 0.717) is 26.4 Å². The molecule has 0 aromatic carbocycles. The van der Waals surface area contributed by atoms with Crippen molar-refractivity contribution >= 4 is 0 Å². The lowest BCUT2D eigenvalue weighted by Crippen LogP contribution is -2.64.